The summed E-state index contributed by atoms with van der Waals surface area (Å²) < 4.78 is 12.4. The lowest BCUT2D eigenvalue weighted by atomic mass is 10.2. The van der Waals surface area contributed by atoms with Crippen molar-refractivity contribution >= 4 is 15.9 Å². The van der Waals surface area contributed by atoms with E-state index in [1.54, 1.807) is 0 Å². The summed E-state index contributed by atoms with van der Waals surface area (Å²) in [6, 6.07) is 23.7. The van der Waals surface area contributed by atoms with Gasteiger partial charge in [0.1, 0.15) is 17.8 Å². The number of rotatable bonds is 6. The monoisotopic (exact) mass is 369 g/mol. The summed E-state index contributed by atoms with van der Waals surface area (Å²) in [6.45, 7) is 0.928. The molecular formula is C19H16BrNO2. The average Bonchev–Trinajstić information content (AvgIpc) is 2.61. The molecule has 3 rings (SSSR count). The summed E-state index contributed by atoms with van der Waals surface area (Å²) in [6.07, 6.45) is 0. The van der Waals surface area contributed by atoms with Gasteiger partial charge in [-0.1, -0.05) is 60.7 Å². The van der Waals surface area contributed by atoms with Crippen molar-refractivity contribution in [1.29, 1.82) is 0 Å². The molecule has 3 nitrogen and oxygen atoms in total. The highest BCUT2D eigenvalue weighted by Gasteiger charge is 2.09. The minimum absolute atomic E-state index is 0.450. The molecule has 0 amide bonds. The molecule has 0 aliphatic rings. The normalized spacial score (nSPS) is 10.3. The van der Waals surface area contributed by atoms with Crippen LogP contribution in [0, 0.1) is 0 Å². The zero-order valence-electron chi connectivity index (χ0n) is 12.5. The third-order valence-corrected chi connectivity index (χ3v) is 3.69. The van der Waals surface area contributed by atoms with Crippen LogP contribution in [-0.2, 0) is 13.2 Å². The lowest BCUT2D eigenvalue weighted by Gasteiger charge is -2.12. The lowest BCUT2D eigenvalue weighted by molar-refractivity contribution is 0.246. The van der Waals surface area contributed by atoms with E-state index in [0.29, 0.717) is 29.4 Å². The van der Waals surface area contributed by atoms with Crippen LogP contribution in [0.4, 0.5) is 0 Å². The van der Waals surface area contributed by atoms with Crippen LogP contribution in [0.1, 0.15) is 11.1 Å². The first-order valence-corrected chi connectivity index (χ1v) is 8.10. The number of nitrogens with zero attached hydrogens (tertiary/aromatic N) is 1. The molecule has 0 atom stereocenters. The number of hydrogen-bond acceptors (Lipinski definition) is 3. The van der Waals surface area contributed by atoms with Gasteiger partial charge in [0.2, 0.25) is 0 Å². The zero-order valence-corrected chi connectivity index (χ0v) is 14.1. The van der Waals surface area contributed by atoms with Gasteiger partial charge in [-0.25, -0.2) is 4.98 Å². The van der Waals surface area contributed by atoms with Crippen LogP contribution < -0.4 is 9.47 Å². The Morgan fingerprint density at radius 3 is 1.87 bits per heavy atom. The van der Waals surface area contributed by atoms with Crippen molar-refractivity contribution in [3.05, 3.63) is 88.5 Å². The fourth-order valence-electron chi connectivity index (χ4n) is 2.08. The molecule has 0 radical (unpaired) electrons. The second kappa shape index (κ2) is 7.79. The van der Waals surface area contributed by atoms with Crippen LogP contribution in [0.2, 0.25) is 0 Å². The highest BCUT2D eigenvalue weighted by atomic mass is 79.9. The second-order valence-electron chi connectivity index (χ2n) is 4.99. The van der Waals surface area contributed by atoms with Gasteiger partial charge >= 0.3 is 0 Å². The predicted molar refractivity (Wildman–Crippen MR) is 93.5 cm³/mol. The van der Waals surface area contributed by atoms with Crippen LogP contribution in [-0.4, -0.2) is 4.98 Å². The Balaban J connectivity index is 1.70. The minimum atomic E-state index is 0.450. The highest BCUT2D eigenvalue weighted by Crippen LogP contribution is 2.28. The van der Waals surface area contributed by atoms with Crippen molar-refractivity contribution in [3.63, 3.8) is 0 Å². The molecule has 0 bridgehead atoms. The van der Waals surface area contributed by atoms with E-state index < -0.39 is 0 Å². The van der Waals surface area contributed by atoms with E-state index in [1.807, 2.05) is 72.8 Å². The summed E-state index contributed by atoms with van der Waals surface area (Å²) in [4.78, 5) is 4.37. The Labute approximate surface area is 144 Å². The number of hydrogen-bond donors (Lipinski definition) is 0. The van der Waals surface area contributed by atoms with E-state index in [2.05, 4.69) is 20.9 Å². The Morgan fingerprint density at radius 2 is 1.26 bits per heavy atom. The topological polar surface area (TPSA) is 31.4 Å². The molecule has 2 aromatic carbocycles. The Hall–Kier alpha value is -2.33. The summed E-state index contributed by atoms with van der Waals surface area (Å²) in [5.41, 5.74) is 2.19. The standard InChI is InChI=1S/C19H16BrNO2/c20-18-12-11-17(22-13-15-7-3-1-4-8-15)19(21-18)23-14-16-9-5-2-6-10-16/h1-12H,13-14H2. The molecule has 0 saturated heterocycles. The van der Waals surface area contributed by atoms with Crippen molar-refractivity contribution < 1.29 is 9.47 Å². The van der Waals surface area contributed by atoms with Gasteiger partial charge in [0.05, 0.1) is 0 Å². The minimum Gasteiger partial charge on any atom is -0.483 e. The third kappa shape index (κ3) is 4.57. The molecular weight excluding hydrogens is 354 g/mol. The molecule has 0 spiro atoms. The number of halogens is 1. The zero-order chi connectivity index (χ0) is 15.9. The molecule has 0 fully saturated rings. The van der Waals surface area contributed by atoms with Crippen LogP contribution in [0.25, 0.3) is 0 Å². The fraction of sp³-hybridized carbons (Fsp3) is 0.105. The fourth-order valence-corrected chi connectivity index (χ4v) is 2.37. The molecule has 0 saturated carbocycles. The largest absolute Gasteiger partial charge is 0.483 e. The molecule has 23 heavy (non-hydrogen) atoms. The van der Waals surface area contributed by atoms with E-state index in [1.165, 1.54) is 0 Å². The number of aromatic nitrogens is 1. The van der Waals surface area contributed by atoms with E-state index in [9.17, 15) is 0 Å². The number of pyridine rings is 1. The maximum atomic E-state index is 5.86. The van der Waals surface area contributed by atoms with Crippen molar-refractivity contribution in [3.8, 4) is 11.6 Å². The summed E-state index contributed by atoms with van der Waals surface area (Å²) in [5, 5.41) is 0. The molecule has 1 aromatic heterocycles. The van der Waals surface area contributed by atoms with Crippen LogP contribution in [0.5, 0.6) is 11.6 Å². The molecule has 0 aliphatic heterocycles. The first-order chi connectivity index (χ1) is 11.3. The van der Waals surface area contributed by atoms with E-state index >= 15 is 0 Å². The SMILES string of the molecule is Brc1ccc(OCc2ccccc2)c(OCc2ccccc2)n1. The van der Waals surface area contributed by atoms with Crippen LogP contribution in [0.15, 0.2) is 77.4 Å². The second-order valence-corrected chi connectivity index (χ2v) is 5.80. The van der Waals surface area contributed by atoms with Gasteiger partial charge in [-0.3, -0.25) is 0 Å². The molecule has 0 N–H and O–H groups in total. The maximum Gasteiger partial charge on any atom is 0.258 e. The summed E-state index contributed by atoms with van der Waals surface area (Å²) >= 11 is 3.37. The van der Waals surface area contributed by atoms with Gasteiger partial charge in [-0.05, 0) is 39.2 Å². The van der Waals surface area contributed by atoms with Crippen LogP contribution in [0.3, 0.4) is 0 Å². The van der Waals surface area contributed by atoms with Gasteiger partial charge < -0.3 is 9.47 Å². The Bertz CT molecular complexity index is 748. The van der Waals surface area contributed by atoms with Gasteiger partial charge in [-0.15, -0.1) is 0 Å². The Kier molecular flexibility index (Phi) is 5.27. The molecule has 0 aliphatic carbocycles. The third-order valence-electron chi connectivity index (χ3n) is 3.25. The molecule has 3 aromatic rings. The Morgan fingerprint density at radius 1 is 0.696 bits per heavy atom. The predicted octanol–water partition coefficient (Wildman–Crippen LogP) is 5.00. The number of ether oxygens (including phenoxy) is 2. The smallest absolute Gasteiger partial charge is 0.258 e. The lowest BCUT2D eigenvalue weighted by Crippen LogP contribution is -2.02. The van der Waals surface area contributed by atoms with Crippen molar-refractivity contribution in [2.24, 2.45) is 0 Å². The van der Waals surface area contributed by atoms with Gasteiger partial charge in [-0.2, -0.15) is 0 Å². The quantitative estimate of drug-likeness (QED) is 0.572. The van der Waals surface area contributed by atoms with Crippen LogP contribution >= 0.6 is 15.9 Å². The van der Waals surface area contributed by atoms with Crippen molar-refractivity contribution in [2.75, 3.05) is 0 Å². The average molecular weight is 370 g/mol. The van der Waals surface area contributed by atoms with Gasteiger partial charge in [0, 0.05) is 0 Å². The molecule has 0 unspecified atom stereocenters. The molecule has 116 valence electrons. The molecule has 4 heteroatoms. The number of benzene rings is 2. The summed E-state index contributed by atoms with van der Waals surface area (Å²) in [7, 11) is 0. The van der Waals surface area contributed by atoms with Gasteiger partial charge in [0.25, 0.3) is 5.88 Å². The van der Waals surface area contributed by atoms with Crippen molar-refractivity contribution in [1.82, 2.24) is 4.98 Å². The van der Waals surface area contributed by atoms with E-state index in [-0.39, 0.29) is 0 Å². The van der Waals surface area contributed by atoms with Gasteiger partial charge in [0.15, 0.2) is 5.75 Å². The first kappa shape index (κ1) is 15.6. The highest BCUT2D eigenvalue weighted by molar-refractivity contribution is 9.10. The van der Waals surface area contributed by atoms with Crippen molar-refractivity contribution in [2.45, 2.75) is 13.2 Å². The molecule has 1 heterocycles. The maximum absolute atomic E-state index is 5.86. The first-order valence-electron chi connectivity index (χ1n) is 7.31. The van der Waals surface area contributed by atoms with E-state index in [4.69, 9.17) is 9.47 Å². The van der Waals surface area contributed by atoms with E-state index in [0.717, 1.165) is 11.1 Å². The summed E-state index contributed by atoms with van der Waals surface area (Å²) in [5.74, 6) is 1.12.